The quantitative estimate of drug-likeness (QED) is 0.852. The first-order chi connectivity index (χ1) is 13.3. The van der Waals surface area contributed by atoms with Crippen LogP contribution < -0.4 is 5.32 Å². The van der Waals surface area contributed by atoms with Gasteiger partial charge in [-0.15, -0.1) is 0 Å². The molecule has 0 amide bonds. The molecule has 0 radical (unpaired) electrons. The summed E-state index contributed by atoms with van der Waals surface area (Å²) in [6.07, 6.45) is 5.94. The minimum atomic E-state index is -0.0451. The van der Waals surface area contributed by atoms with Crippen LogP contribution in [0.2, 0.25) is 0 Å². The zero-order valence-electron chi connectivity index (χ0n) is 15.3. The molecule has 4 rings (SSSR count). The van der Waals surface area contributed by atoms with E-state index in [9.17, 15) is 5.11 Å². The summed E-state index contributed by atoms with van der Waals surface area (Å²) in [4.78, 5) is 11.2. The van der Waals surface area contributed by atoms with E-state index in [1.54, 1.807) is 12.4 Å². The number of morpholine rings is 1. The van der Waals surface area contributed by atoms with Crippen LogP contribution in [0.3, 0.4) is 0 Å². The van der Waals surface area contributed by atoms with Crippen molar-refractivity contribution < 1.29 is 9.84 Å². The Hall–Kier alpha value is -2.27. The molecule has 1 aromatic heterocycles. The molecule has 2 heterocycles. The number of hydrogen-bond donors (Lipinski definition) is 2. The number of aromatic nitrogens is 2. The lowest BCUT2D eigenvalue weighted by Gasteiger charge is -2.41. The molecule has 27 heavy (non-hydrogen) atoms. The average molecular weight is 367 g/mol. The highest BCUT2D eigenvalue weighted by Gasteiger charge is 2.30. The van der Waals surface area contributed by atoms with Gasteiger partial charge < -0.3 is 15.2 Å². The SMILES string of the molecule is N#Cc1ccc2ncnc(N[C@H]3CC[C@H](N4CCOC(CO)C4)CC3)c2c1. The van der Waals surface area contributed by atoms with E-state index in [4.69, 9.17) is 10.00 Å². The van der Waals surface area contributed by atoms with Crippen molar-refractivity contribution in [1.29, 1.82) is 5.26 Å². The number of nitrogens with one attached hydrogen (secondary N) is 1. The highest BCUT2D eigenvalue weighted by Crippen LogP contribution is 2.28. The Balaban J connectivity index is 1.40. The lowest BCUT2D eigenvalue weighted by molar-refractivity contribution is -0.0687. The van der Waals surface area contributed by atoms with Crippen molar-refractivity contribution in [2.24, 2.45) is 0 Å². The maximum absolute atomic E-state index is 9.34. The lowest BCUT2D eigenvalue weighted by Crippen LogP contribution is -2.50. The van der Waals surface area contributed by atoms with Crippen molar-refractivity contribution in [3.05, 3.63) is 30.1 Å². The summed E-state index contributed by atoms with van der Waals surface area (Å²) in [7, 11) is 0. The largest absolute Gasteiger partial charge is 0.394 e. The van der Waals surface area contributed by atoms with Gasteiger partial charge in [-0.2, -0.15) is 5.26 Å². The summed E-state index contributed by atoms with van der Waals surface area (Å²) in [5.41, 5.74) is 1.47. The number of aliphatic hydroxyl groups is 1. The first-order valence-corrected chi connectivity index (χ1v) is 9.64. The first-order valence-electron chi connectivity index (χ1n) is 9.64. The fourth-order valence-electron chi connectivity index (χ4n) is 4.20. The van der Waals surface area contributed by atoms with E-state index >= 15 is 0 Å². The van der Waals surface area contributed by atoms with Gasteiger partial charge in [-0.3, -0.25) is 4.90 Å². The molecule has 1 aliphatic heterocycles. The number of nitrogens with zero attached hydrogens (tertiary/aromatic N) is 4. The predicted molar refractivity (Wildman–Crippen MR) is 102 cm³/mol. The maximum Gasteiger partial charge on any atom is 0.137 e. The van der Waals surface area contributed by atoms with Crippen LogP contribution in [0.4, 0.5) is 5.82 Å². The number of fused-ring (bicyclic) bond motifs is 1. The molecule has 1 unspecified atom stereocenters. The smallest absolute Gasteiger partial charge is 0.137 e. The molecule has 2 N–H and O–H groups in total. The second-order valence-corrected chi connectivity index (χ2v) is 7.39. The molecule has 7 heteroatoms. The molecular weight excluding hydrogens is 342 g/mol. The molecule has 2 aromatic rings. The number of anilines is 1. The van der Waals surface area contributed by atoms with Crippen LogP contribution in [0.15, 0.2) is 24.5 Å². The van der Waals surface area contributed by atoms with Crippen molar-refractivity contribution in [2.45, 2.75) is 43.9 Å². The Labute approximate surface area is 159 Å². The summed E-state index contributed by atoms with van der Waals surface area (Å²) >= 11 is 0. The molecule has 1 saturated heterocycles. The Morgan fingerprint density at radius 3 is 2.89 bits per heavy atom. The minimum absolute atomic E-state index is 0.0451. The van der Waals surface area contributed by atoms with Crippen LogP contribution in [0.1, 0.15) is 31.2 Å². The van der Waals surface area contributed by atoms with Gasteiger partial charge in [0.05, 0.1) is 36.5 Å². The standard InChI is InChI=1S/C20H25N5O2/c21-10-14-1-6-19-18(9-14)20(23-13-22-19)24-15-2-4-16(5-3-15)25-7-8-27-17(11-25)12-26/h1,6,9,13,15-17,26H,2-5,7-8,11-12H2,(H,22,23,24)/t15-,16-,17?. The van der Waals surface area contributed by atoms with E-state index < -0.39 is 0 Å². The van der Waals surface area contributed by atoms with E-state index in [1.807, 2.05) is 12.1 Å². The molecule has 1 saturated carbocycles. The molecular formula is C20H25N5O2. The number of rotatable bonds is 4. The Kier molecular flexibility index (Phi) is 5.48. The summed E-state index contributed by atoms with van der Waals surface area (Å²) in [6, 6.07) is 8.63. The van der Waals surface area contributed by atoms with Gasteiger partial charge >= 0.3 is 0 Å². The zero-order valence-corrected chi connectivity index (χ0v) is 15.3. The second-order valence-electron chi connectivity index (χ2n) is 7.39. The molecule has 0 spiro atoms. The summed E-state index contributed by atoms with van der Waals surface area (Å²) in [5.74, 6) is 0.812. The molecule has 2 aliphatic rings. The molecule has 2 fully saturated rings. The van der Waals surface area contributed by atoms with Crippen molar-refractivity contribution >= 4 is 16.7 Å². The highest BCUT2D eigenvalue weighted by molar-refractivity contribution is 5.89. The van der Waals surface area contributed by atoms with Crippen molar-refractivity contribution in [2.75, 3.05) is 31.6 Å². The molecule has 0 bridgehead atoms. The van der Waals surface area contributed by atoms with Crippen LogP contribution in [-0.4, -0.2) is 64.5 Å². The predicted octanol–water partition coefficient (Wildman–Crippen LogP) is 1.92. The highest BCUT2D eigenvalue weighted by atomic mass is 16.5. The normalized spacial score (nSPS) is 26.6. The molecule has 1 aliphatic carbocycles. The van der Waals surface area contributed by atoms with E-state index in [0.717, 1.165) is 55.5 Å². The number of ether oxygens (including phenoxy) is 1. The topological polar surface area (TPSA) is 94.3 Å². The maximum atomic E-state index is 9.34. The fourth-order valence-corrected chi connectivity index (χ4v) is 4.20. The summed E-state index contributed by atoms with van der Waals surface area (Å²) < 4.78 is 5.57. The number of hydrogen-bond acceptors (Lipinski definition) is 7. The monoisotopic (exact) mass is 367 g/mol. The Morgan fingerprint density at radius 1 is 1.26 bits per heavy atom. The van der Waals surface area contributed by atoms with Gasteiger partial charge in [-0.25, -0.2) is 9.97 Å². The van der Waals surface area contributed by atoms with Gasteiger partial charge in [0.25, 0.3) is 0 Å². The number of benzene rings is 1. The van der Waals surface area contributed by atoms with E-state index in [-0.39, 0.29) is 12.7 Å². The third-order valence-corrected chi connectivity index (χ3v) is 5.69. The van der Waals surface area contributed by atoms with Crippen molar-refractivity contribution in [1.82, 2.24) is 14.9 Å². The van der Waals surface area contributed by atoms with Gasteiger partial charge in [-0.05, 0) is 43.9 Å². The molecule has 142 valence electrons. The van der Waals surface area contributed by atoms with Crippen molar-refractivity contribution in [3.8, 4) is 6.07 Å². The van der Waals surface area contributed by atoms with Gasteiger partial charge in [0, 0.05) is 30.6 Å². The first kappa shape index (κ1) is 18.1. The van der Waals surface area contributed by atoms with E-state index in [2.05, 4.69) is 26.3 Å². The van der Waals surface area contributed by atoms with Crippen LogP contribution in [0.5, 0.6) is 0 Å². The third kappa shape index (κ3) is 4.03. The lowest BCUT2D eigenvalue weighted by atomic mass is 9.89. The minimum Gasteiger partial charge on any atom is -0.394 e. The summed E-state index contributed by atoms with van der Waals surface area (Å²) in [5, 5.41) is 23.0. The second kappa shape index (κ2) is 8.17. The molecule has 7 nitrogen and oxygen atoms in total. The summed E-state index contributed by atoms with van der Waals surface area (Å²) in [6.45, 7) is 2.58. The molecule has 1 atom stereocenters. The van der Waals surface area contributed by atoms with Crippen LogP contribution >= 0.6 is 0 Å². The van der Waals surface area contributed by atoms with Crippen LogP contribution in [-0.2, 0) is 4.74 Å². The third-order valence-electron chi connectivity index (χ3n) is 5.69. The number of nitriles is 1. The fraction of sp³-hybridized carbons (Fsp3) is 0.550. The Bertz CT molecular complexity index is 829. The van der Waals surface area contributed by atoms with Gasteiger partial charge in [0.1, 0.15) is 12.1 Å². The number of aliphatic hydroxyl groups excluding tert-OH is 1. The van der Waals surface area contributed by atoms with Gasteiger partial charge in [-0.1, -0.05) is 0 Å². The van der Waals surface area contributed by atoms with Crippen LogP contribution in [0.25, 0.3) is 10.9 Å². The van der Waals surface area contributed by atoms with Gasteiger partial charge in [0.15, 0.2) is 0 Å². The zero-order chi connectivity index (χ0) is 18.6. The van der Waals surface area contributed by atoms with E-state index in [1.165, 1.54) is 0 Å². The van der Waals surface area contributed by atoms with Crippen molar-refractivity contribution in [3.63, 3.8) is 0 Å². The Morgan fingerprint density at radius 2 is 2.11 bits per heavy atom. The average Bonchev–Trinajstić information content (AvgIpc) is 2.74. The van der Waals surface area contributed by atoms with E-state index in [0.29, 0.717) is 24.3 Å². The van der Waals surface area contributed by atoms with Gasteiger partial charge in [0.2, 0.25) is 0 Å². The molecule has 1 aromatic carbocycles. The van der Waals surface area contributed by atoms with Crippen LogP contribution in [0, 0.1) is 11.3 Å².